The van der Waals surface area contributed by atoms with Crippen LogP contribution in [0.3, 0.4) is 0 Å². The number of hydrogen-bond acceptors (Lipinski definition) is 6. The van der Waals surface area contributed by atoms with Gasteiger partial charge < -0.3 is 16.2 Å². The molecule has 16 heavy (non-hydrogen) atoms. The van der Waals surface area contributed by atoms with Gasteiger partial charge in [-0.25, -0.2) is 0 Å². The van der Waals surface area contributed by atoms with E-state index in [9.17, 15) is 5.11 Å². The predicted molar refractivity (Wildman–Crippen MR) is 65.4 cm³/mol. The average Bonchev–Trinajstić information content (AvgIpc) is 2.68. The second-order valence-electron chi connectivity index (χ2n) is 4.70. The Hall–Kier alpha value is -0.880. The molecule has 1 saturated carbocycles. The summed E-state index contributed by atoms with van der Waals surface area (Å²) in [5, 5.41) is 13.6. The number of aliphatic hydroxyl groups is 1. The molecular formula is C10H18N4OS. The number of nitrogens with zero attached hydrogens (tertiary/aromatic N) is 2. The minimum Gasteiger partial charge on any atom is -0.394 e. The van der Waals surface area contributed by atoms with Crippen LogP contribution in [-0.4, -0.2) is 26.6 Å². The van der Waals surface area contributed by atoms with Crippen molar-refractivity contribution in [1.82, 2.24) is 9.36 Å². The molecule has 0 atom stereocenters. The van der Waals surface area contributed by atoms with Gasteiger partial charge >= 0.3 is 0 Å². The van der Waals surface area contributed by atoms with Gasteiger partial charge in [0.1, 0.15) is 0 Å². The molecule has 1 aromatic heterocycles. The molecule has 0 aromatic carbocycles. The molecule has 1 aliphatic carbocycles. The molecule has 0 aliphatic heterocycles. The highest BCUT2D eigenvalue weighted by Crippen LogP contribution is 2.34. The Morgan fingerprint density at radius 1 is 1.56 bits per heavy atom. The van der Waals surface area contributed by atoms with Crippen molar-refractivity contribution in [3.63, 3.8) is 0 Å². The lowest BCUT2D eigenvalue weighted by atomic mass is 9.78. The van der Waals surface area contributed by atoms with Crippen LogP contribution in [0.5, 0.6) is 0 Å². The molecular weight excluding hydrogens is 224 g/mol. The first-order valence-corrected chi connectivity index (χ1v) is 6.39. The van der Waals surface area contributed by atoms with E-state index in [1.54, 1.807) is 0 Å². The average molecular weight is 242 g/mol. The van der Waals surface area contributed by atoms with Crippen LogP contribution in [0.4, 0.5) is 11.1 Å². The maximum Gasteiger partial charge on any atom is 0.233 e. The van der Waals surface area contributed by atoms with Crippen LogP contribution in [0.2, 0.25) is 0 Å². The summed E-state index contributed by atoms with van der Waals surface area (Å²) in [6.45, 7) is 2.39. The quantitative estimate of drug-likeness (QED) is 0.747. The van der Waals surface area contributed by atoms with E-state index in [1.165, 1.54) is 11.5 Å². The predicted octanol–water partition coefficient (Wildman–Crippen LogP) is 1.47. The number of aliphatic hydroxyl groups excluding tert-OH is 1. The van der Waals surface area contributed by atoms with Crippen molar-refractivity contribution < 1.29 is 5.11 Å². The van der Waals surface area contributed by atoms with Gasteiger partial charge in [0.2, 0.25) is 11.1 Å². The topological polar surface area (TPSA) is 84.1 Å². The van der Waals surface area contributed by atoms with E-state index in [2.05, 4.69) is 21.6 Å². The SMILES string of the molecule is CC1CCC(CO)(Nc2nc(N)ns2)CC1. The first-order valence-electron chi connectivity index (χ1n) is 5.62. The molecule has 0 radical (unpaired) electrons. The summed E-state index contributed by atoms with van der Waals surface area (Å²) in [4.78, 5) is 4.08. The Bertz CT molecular complexity index is 346. The van der Waals surface area contributed by atoms with Crippen LogP contribution >= 0.6 is 11.5 Å². The summed E-state index contributed by atoms with van der Waals surface area (Å²) in [5.74, 6) is 1.05. The highest BCUT2D eigenvalue weighted by Gasteiger charge is 2.34. The Morgan fingerprint density at radius 3 is 2.75 bits per heavy atom. The van der Waals surface area contributed by atoms with Gasteiger partial charge in [-0.2, -0.15) is 9.36 Å². The number of nitrogens with two attached hydrogens (primary N) is 1. The number of nitrogen functional groups attached to an aromatic ring is 1. The monoisotopic (exact) mass is 242 g/mol. The molecule has 1 heterocycles. The van der Waals surface area contributed by atoms with Gasteiger partial charge in [-0.3, -0.25) is 0 Å². The fraction of sp³-hybridized carbons (Fsp3) is 0.800. The number of rotatable bonds is 3. The van der Waals surface area contributed by atoms with Crippen molar-refractivity contribution in [3.05, 3.63) is 0 Å². The molecule has 2 rings (SSSR count). The zero-order chi connectivity index (χ0) is 11.6. The lowest BCUT2D eigenvalue weighted by molar-refractivity contribution is 0.155. The van der Waals surface area contributed by atoms with E-state index in [0.29, 0.717) is 11.1 Å². The molecule has 5 nitrogen and oxygen atoms in total. The van der Waals surface area contributed by atoms with Crippen LogP contribution < -0.4 is 11.1 Å². The van der Waals surface area contributed by atoms with Crippen molar-refractivity contribution in [2.45, 2.75) is 38.1 Å². The second-order valence-corrected chi connectivity index (χ2v) is 5.46. The largest absolute Gasteiger partial charge is 0.394 e. The van der Waals surface area contributed by atoms with E-state index in [-0.39, 0.29) is 12.1 Å². The molecule has 0 amide bonds. The standard InChI is InChI=1S/C10H18N4OS/c1-7-2-4-10(6-15,5-3-7)13-9-12-8(11)14-16-9/h7,15H,2-6H2,1H3,(H3,11,12,13,14). The summed E-state index contributed by atoms with van der Waals surface area (Å²) in [7, 11) is 0. The Morgan fingerprint density at radius 2 is 2.25 bits per heavy atom. The summed E-state index contributed by atoms with van der Waals surface area (Å²) < 4.78 is 3.93. The number of aromatic nitrogens is 2. The van der Waals surface area contributed by atoms with Crippen LogP contribution in [-0.2, 0) is 0 Å². The van der Waals surface area contributed by atoms with Gasteiger partial charge in [0, 0.05) is 11.5 Å². The van der Waals surface area contributed by atoms with E-state index in [4.69, 9.17) is 5.73 Å². The zero-order valence-electron chi connectivity index (χ0n) is 9.44. The first kappa shape index (κ1) is 11.6. The van der Waals surface area contributed by atoms with Gasteiger partial charge in [0.25, 0.3) is 0 Å². The zero-order valence-corrected chi connectivity index (χ0v) is 10.3. The molecule has 1 aromatic rings. The molecule has 0 unspecified atom stereocenters. The van der Waals surface area contributed by atoms with Crippen molar-refractivity contribution in [2.24, 2.45) is 5.92 Å². The van der Waals surface area contributed by atoms with Gasteiger partial charge in [-0.1, -0.05) is 6.92 Å². The highest BCUT2D eigenvalue weighted by atomic mass is 32.1. The third-order valence-corrected chi connectivity index (χ3v) is 3.99. The number of nitrogens with one attached hydrogen (secondary N) is 1. The highest BCUT2D eigenvalue weighted by molar-refractivity contribution is 7.09. The van der Waals surface area contributed by atoms with Crippen molar-refractivity contribution >= 4 is 22.6 Å². The van der Waals surface area contributed by atoms with Crippen LogP contribution in [0.25, 0.3) is 0 Å². The molecule has 0 saturated heterocycles. The summed E-state index contributed by atoms with van der Waals surface area (Å²) in [6.07, 6.45) is 4.23. The van der Waals surface area contributed by atoms with Crippen LogP contribution in [0.1, 0.15) is 32.6 Å². The summed E-state index contributed by atoms with van der Waals surface area (Å²) >= 11 is 1.25. The molecule has 0 bridgehead atoms. The molecule has 1 aliphatic rings. The van der Waals surface area contributed by atoms with Gasteiger partial charge in [-0.15, -0.1) is 0 Å². The second kappa shape index (κ2) is 4.55. The van der Waals surface area contributed by atoms with Gasteiger partial charge in [0.05, 0.1) is 12.1 Å². The fourth-order valence-corrected chi connectivity index (χ4v) is 2.77. The normalized spacial score (nSPS) is 30.2. The maximum atomic E-state index is 9.56. The van der Waals surface area contributed by atoms with Crippen molar-refractivity contribution in [3.8, 4) is 0 Å². The number of anilines is 2. The van der Waals surface area contributed by atoms with E-state index < -0.39 is 0 Å². The van der Waals surface area contributed by atoms with Gasteiger partial charge in [0.15, 0.2) is 0 Å². The fourth-order valence-electron chi connectivity index (χ4n) is 2.15. The smallest absolute Gasteiger partial charge is 0.233 e. The molecule has 90 valence electrons. The molecule has 4 N–H and O–H groups in total. The molecule has 1 fully saturated rings. The lowest BCUT2D eigenvalue weighted by Crippen LogP contribution is -2.45. The Kier molecular flexibility index (Phi) is 3.30. The van der Waals surface area contributed by atoms with E-state index in [0.717, 1.165) is 31.6 Å². The minimum atomic E-state index is -0.224. The Labute approximate surface area is 99.2 Å². The third kappa shape index (κ3) is 2.44. The van der Waals surface area contributed by atoms with E-state index >= 15 is 0 Å². The summed E-state index contributed by atoms with van der Waals surface area (Å²) in [5.41, 5.74) is 5.25. The Balaban J connectivity index is 2.04. The maximum absolute atomic E-state index is 9.56. The van der Waals surface area contributed by atoms with Crippen molar-refractivity contribution in [2.75, 3.05) is 17.7 Å². The van der Waals surface area contributed by atoms with Crippen LogP contribution in [0, 0.1) is 5.92 Å². The minimum absolute atomic E-state index is 0.138. The molecule has 6 heteroatoms. The lowest BCUT2D eigenvalue weighted by Gasteiger charge is -2.38. The first-order chi connectivity index (χ1) is 7.63. The van der Waals surface area contributed by atoms with Crippen LogP contribution in [0.15, 0.2) is 0 Å². The van der Waals surface area contributed by atoms with E-state index in [1.807, 2.05) is 0 Å². The molecule has 0 spiro atoms. The number of hydrogen-bond donors (Lipinski definition) is 3. The van der Waals surface area contributed by atoms with Gasteiger partial charge in [-0.05, 0) is 31.6 Å². The third-order valence-electron chi connectivity index (χ3n) is 3.35. The van der Waals surface area contributed by atoms with Crippen molar-refractivity contribution in [1.29, 1.82) is 0 Å². The summed E-state index contributed by atoms with van der Waals surface area (Å²) in [6, 6.07) is 0.